The minimum absolute atomic E-state index is 0.0343. The number of aromatic nitrogens is 2. The van der Waals surface area contributed by atoms with Crippen molar-refractivity contribution in [1.82, 2.24) is 9.55 Å². The molecule has 0 radical (unpaired) electrons. The van der Waals surface area contributed by atoms with Crippen molar-refractivity contribution in [3.05, 3.63) is 41.9 Å². The largest absolute Gasteiger partial charge is 0.337 e. The Bertz CT molecular complexity index is 653. The highest BCUT2D eigenvalue weighted by Crippen LogP contribution is 2.16. The number of anilines is 1. The number of rotatable bonds is 4. The van der Waals surface area contributed by atoms with Gasteiger partial charge in [0.25, 0.3) is 10.0 Å². The minimum atomic E-state index is -3.62. The summed E-state index contributed by atoms with van der Waals surface area (Å²) in [6.45, 7) is 3.81. The molecule has 0 fully saturated rings. The van der Waals surface area contributed by atoms with Crippen molar-refractivity contribution in [2.45, 2.75) is 25.3 Å². The number of nitrogens with one attached hydrogen (secondary N) is 1. The van der Waals surface area contributed by atoms with Crippen LogP contribution in [0.15, 0.2) is 35.5 Å². The summed E-state index contributed by atoms with van der Waals surface area (Å²) in [5.74, 6) is 0.654. The van der Waals surface area contributed by atoms with Gasteiger partial charge in [0.05, 0.1) is 0 Å². The Morgan fingerprint density at radius 2 is 1.89 bits per heavy atom. The minimum Gasteiger partial charge on any atom is -0.337 e. The van der Waals surface area contributed by atoms with Crippen molar-refractivity contribution in [1.29, 1.82) is 0 Å². The second-order valence-corrected chi connectivity index (χ2v) is 6.02. The van der Waals surface area contributed by atoms with E-state index >= 15 is 0 Å². The number of hydrogen-bond donors (Lipinski definition) is 1. The Hall–Kier alpha value is -1.82. The molecule has 1 aromatic heterocycles. The molecule has 19 heavy (non-hydrogen) atoms. The van der Waals surface area contributed by atoms with Gasteiger partial charge in [-0.2, -0.15) is 8.42 Å². The van der Waals surface area contributed by atoms with Gasteiger partial charge in [0, 0.05) is 18.9 Å². The van der Waals surface area contributed by atoms with E-state index in [9.17, 15) is 8.42 Å². The third kappa shape index (κ3) is 2.96. The Kier molecular flexibility index (Phi) is 3.61. The smallest absolute Gasteiger partial charge is 0.280 e. The van der Waals surface area contributed by atoms with Crippen molar-refractivity contribution in [3.8, 4) is 0 Å². The summed E-state index contributed by atoms with van der Waals surface area (Å²) < 4.78 is 28.5. The van der Waals surface area contributed by atoms with E-state index in [1.165, 1.54) is 6.20 Å². The first kappa shape index (κ1) is 13.6. The molecule has 0 saturated carbocycles. The topological polar surface area (TPSA) is 64.0 Å². The molecule has 1 N–H and O–H groups in total. The predicted octanol–water partition coefficient (Wildman–Crippen LogP) is 2.09. The molecule has 0 amide bonds. The van der Waals surface area contributed by atoms with Crippen molar-refractivity contribution < 1.29 is 8.42 Å². The van der Waals surface area contributed by atoms with Gasteiger partial charge in [-0.25, -0.2) is 4.98 Å². The first-order valence-corrected chi connectivity index (χ1v) is 7.52. The fraction of sp³-hybridized carbons (Fsp3) is 0.308. The summed E-state index contributed by atoms with van der Waals surface area (Å²) in [5.41, 5.74) is 1.71. The monoisotopic (exact) mass is 279 g/mol. The molecule has 0 unspecified atom stereocenters. The molecule has 0 saturated heterocycles. The Balaban J connectivity index is 2.25. The molecule has 1 aromatic carbocycles. The van der Waals surface area contributed by atoms with Gasteiger partial charge >= 0.3 is 0 Å². The molecule has 0 aliphatic rings. The molecule has 6 heteroatoms. The van der Waals surface area contributed by atoms with Gasteiger partial charge < -0.3 is 4.57 Å². The Labute approximate surface area is 113 Å². The maximum atomic E-state index is 12.1. The van der Waals surface area contributed by atoms with E-state index < -0.39 is 10.0 Å². The first-order valence-electron chi connectivity index (χ1n) is 6.04. The summed E-state index contributed by atoms with van der Waals surface area (Å²) in [7, 11) is -1.86. The van der Waals surface area contributed by atoms with Crippen LogP contribution < -0.4 is 4.72 Å². The highest BCUT2D eigenvalue weighted by Gasteiger charge is 2.18. The van der Waals surface area contributed by atoms with E-state index in [4.69, 9.17) is 0 Å². The average Bonchev–Trinajstić information content (AvgIpc) is 2.71. The fourth-order valence-electron chi connectivity index (χ4n) is 1.67. The highest BCUT2D eigenvalue weighted by molar-refractivity contribution is 7.92. The van der Waals surface area contributed by atoms with E-state index in [2.05, 4.69) is 16.6 Å². The summed E-state index contributed by atoms with van der Waals surface area (Å²) in [6, 6.07) is 7.32. The second kappa shape index (κ2) is 5.05. The van der Waals surface area contributed by atoms with Crippen LogP contribution in [0, 0.1) is 6.92 Å². The van der Waals surface area contributed by atoms with Gasteiger partial charge in [0.2, 0.25) is 0 Å². The normalized spacial score (nSPS) is 11.5. The van der Waals surface area contributed by atoms with Crippen molar-refractivity contribution in [2.75, 3.05) is 4.72 Å². The fourth-order valence-corrected chi connectivity index (χ4v) is 2.77. The average molecular weight is 279 g/mol. The van der Waals surface area contributed by atoms with Crippen LogP contribution in [0.25, 0.3) is 0 Å². The van der Waals surface area contributed by atoms with Crippen LogP contribution in [0.4, 0.5) is 5.69 Å². The summed E-state index contributed by atoms with van der Waals surface area (Å²) in [5, 5.41) is 0.0343. The van der Waals surface area contributed by atoms with Crippen molar-refractivity contribution in [2.24, 2.45) is 7.05 Å². The number of hydrogen-bond acceptors (Lipinski definition) is 3. The summed E-state index contributed by atoms with van der Waals surface area (Å²) in [6.07, 6.45) is 2.42. The lowest BCUT2D eigenvalue weighted by Crippen LogP contribution is -2.13. The number of imidazole rings is 1. The lowest BCUT2D eigenvalue weighted by atomic mass is 10.2. The number of nitrogens with zero attached hydrogens (tertiary/aromatic N) is 2. The van der Waals surface area contributed by atoms with Crippen LogP contribution >= 0.6 is 0 Å². The zero-order valence-electron chi connectivity index (χ0n) is 11.2. The molecule has 0 bridgehead atoms. The molecule has 2 rings (SSSR count). The molecule has 0 aliphatic heterocycles. The van der Waals surface area contributed by atoms with Crippen LogP contribution in [0.5, 0.6) is 0 Å². The SMILES string of the molecule is CCc1ccc(NS(=O)(=O)c2cn(C)c(C)n2)cc1. The van der Waals surface area contributed by atoms with Crippen LogP contribution in [0.1, 0.15) is 18.3 Å². The molecular weight excluding hydrogens is 262 g/mol. The van der Waals surface area contributed by atoms with Crippen LogP contribution in [-0.2, 0) is 23.5 Å². The van der Waals surface area contributed by atoms with E-state index in [1.54, 1.807) is 30.7 Å². The lowest BCUT2D eigenvalue weighted by molar-refractivity contribution is 0.598. The molecule has 102 valence electrons. The van der Waals surface area contributed by atoms with Gasteiger partial charge in [0.15, 0.2) is 5.03 Å². The summed E-state index contributed by atoms with van der Waals surface area (Å²) in [4.78, 5) is 4.02. The van der Waals surface area contributed by atoms with Gasteiger partial charge in [-0.15, -0.1) is 0 Å². The predicted molar refractivity (Wildman–Crippen MR) is 74.6 cm³/mol. The second-order valence-electron chi connectivity index (χ2n) is 4.39. The molecule has 2 aromatic rings. The van der Waals surface area contributed by atoms with Crippen LogP contribution in [0.2, 0.25) is 0 Å². The molecule has 0 atom stereocenters. The lowest BCUT2D eigenvalue weighted by Gasteiger charge is -2.06. The van der Waals surface area contributed by atoms with E-state index in [0.29, 0.717) is 11.5 Å². The van der Waals surface area contributed by atoms with Crippen LogP contribution in [0.3, 0.4) is 0 Å². The number of sulfonamides is 1. The van der Waals surface area contributed by atoms with Crippen molar-refractivity contribution in [3.63, 3.8) is 0 Å². The van der Waals surface area contributed by atoms with E-state index in [1.807, 2.05) is 12.1 Å². The maximum Gasteiger partial charge on any atom is 0.280 e. The third-order valence-electron chi connectivity index (χ3n) is 2.98. The highest BCUT2D eigenvalue weighted by atomic mass is 32.2. The standard InChI is InChI=1S/C13H17N3O2S/c1-4-11-5-7-12(8-6-11)15-19(17,18)13-9-16(3)10(2)14-13/h5-9,15H,4H2,1-3H3. The van der Waals surface area contributed by atoms with Gasteiger partial charge in [-0.1, -0.05) is 19.1 Å². The third-order valence-corrected chi connectivity index (χ3v) is 4.23. The van der Waals surface area contributed by atoms with E-state index in [0.717, 1.165) is 12.0 Å². The zero-order valence-corrected chi connectivity index (χ0v) is 12.0. The van der Waals surface area contributed by atoms with Crippen molar-refractivity contribution >= 4 is 15.7 Å². The van der Waals surface area contributed by atoms with Gasteiger partial charge in [0.1, 0.15) is 5.82 Å². The molecular formula is C13H17N3O2S. The van der Waals surface area contributed by atoms with E-state index in [-0.39, 0.29) is 5.03 Å². The van der Waals surface area contributed by atoms with Crippen LogP contribution in [-0.4, -0.2) is 18.0 Å². The van der Waals surface area contributed by atoms with Gasteiger partial charge in [-0.3, -0.25) is 4.72 Å². The first-order chi connectivity index (χ1) is 8.92. The zero-order chi connectivity index (χ0) is 14.0. The quantitative estimate of drug-likeness (QED) is 0.932. The van der Waals surface area contributed by atoms with Gasteiger partial charge in [-0.05, 0) is 31.0 Å². The number of aryl methyl sites for hydroxylation is 3. The molecule has 5 nitrogen and oxygen atoms in total. The Morgan fingerprint density at radius 1 is 1.26 bits per heavy atom. The summed E-state index contributed by atoms with van der Waals surface area (Å²) >= 11 is 0. The maximum absolute atomic E-state index is 12.1. The Morgan fingerprint density at radius 3 is 2.37 bits per heavy atom. The molecule has 0 spiro atoms. The molecule has 1 heterocycles. The molecule has 0 aliphatic carbocycles. The number of benzene rings is 1.